The third kappa shape index (κ3) is 2.52. The fraction of sp³-hybridized carbons (Fsp3) is 0. The predicted molar refractivity (Wildman–Crippen MR) is 73.8 cm³/mol. The van der Waals surface area contributed by atoms with Crippen LogP contribution in [0.3, 0.4) is 0 Å². The number of primary amides is 1. The molecule has 2 aromatic rings. The van der Waals surface area contributed by atoms with Gasteiger partial charge >= 0.3 is 0 Å². The van der Waals surface area contributed by atoms with E-state index in [-0.39, 0.29) is 16.8 Å². The third-order valence-electron chi connectivity index (χ3n) is 2.73. The summed E-state index contributed by atoms with van der Waals surface area (Å²) in [5.41, 5.74) is 12.1. The van der Waals surface area contributed by atoms with Gasteiger partial charge in [-0.1, -0.05) is 6.07 Å². The first-order valence-electron chi connectivity index (χ1n) is 5.68. The molecule has 2 rings (SSSR count). The third-order valence-corrected chi connectivity index (χ3v) is 2.73. The first-order valence-corrected chi connectivity index (χ1v) is 5.68. The first-order chi connectivity index (χ1) is 9.52. The molecule has 5 N–H and O–H groups in total. The van der Waals surface area contributed by atoms with E-state index in [1.165, 1.54) is 24.3 Å². The number of benzene rings is 2. The minimum Gasteiger partial charge on any atom is -0.397 e. The lowest BCUT2D eigenvalue weighted by molar-refractivity contribution is 0.100. The van der Waals surface area contributed by atoms with Gasteiger partial charge < -0.3 is 16.8 Å². The molecule has 0 aliphatic rings. The number of halogens is 1. The van der Waals surface area contributed by atoms with Crippen LogP contribution in [0.25, 0.3) is 0 Å². The zero-order valence-corrected chi connectivity index (χ0v) is 10.4. The van der Waals surface area contributed by atoms with Crippen molar-refractivity contribution in [3.8, 4) is 6.07 Å². The fourth-order valence-corrected chi connectivity index (χ4v) is 1.72. The van der Waals surface area contributed by atoms with Crippen LogP contribution in [0.5, 0.6) is 0 Å². The number of nitrogens with two attached hydrogens (primary N) is 2. The molecule has 0 heterocycles. The van der Waals surface area contributed by atoms with E-state index in [0.717, 1.165) is 0 Å². The Kier molecular flexibility index (Phi) is 3.53. The van der Waals surface area contributed by atoms with Gasteiger partial charge in [-0.3, -0.25) is 4.79 Å². The Balaban J connectivity index is 2.39. The van der Waals surface area contributed by atoms with Crippen LogP contribution in [0.15, 0.2) is 36.4 Å². The van der Waals surface area contributed by atoms with Gasteiger partial charge in [0, 0.05) is 5.56 Å². The summed E-state index contributed by atoms with van der Waals surface area (Å²) in [5.74, 6) is -1.21. The Morgan fingerprint density at radius 1 is 1.25 bits per heavy atom. The molecule has 0 saturated carbocycles. The number of rotatable bonds is 3. The summed E-state index contributed by atoms with van der Waals surface area (Å²) in [6.07, 6.45) is 0. The summed E-state index contributed by atoms with van der Waals surface area (Å²) in [5, 5.41) is 11.8. The molecule has 20 heavy (non-hydrogen) atoms. The molecule has 6 heteroatoms. The fourth-order valence-electron chi connectivity index (χ4n) is 1.72. The maximum absolute atomic E-state index is 13.5. The Hall–Kier alpha value is -3.07. The normalized spacial score (nSPS) is 9.80. The van der Waals surface area contributed by atoms with E-state index in [4.69, 9.17) is 16.7 Å². The molecular formula is C14H11FN4O. The highest BCUT2D eigenvalue weighted by molar-refractivity contribution is 5.95. The van der Waals surface area contributed by atoms with Crippen molar-refractivity contribution in [2.45, 2.75) is 0 Å². The van der Waals surface area contributed by atoms with Crippen LogP contribution in [0.2, 0.25) is 0 Å². The molecule has 0 atom stereocenters. The minimum atomic E-state index is -0.621. The molecule has 0 fully saturated rings. The maximum atomic E-state index is 13.5. The van der Waals surface area contributed by atoms with Crippen molar-refractivity contribution in [2.75, 3.05) is 11.1 Å². The second kappa shape index (κ2) is 5.28. The lowest BCUT2D eigenvalue weighted by Gasteiger charge is -2.11. The number of nitrogen functional groups attached to an aromatic ring is 1. The minimum absolute atomic E-state index is 0.106. The van der Waals surface area contributed by atoms with Crippen LogP contribution in [-0.2, 0) is 0 Å². The summed E-state index contributed by atoms with van der Waals surface area (Å²) in [6.45, 7) is 0. The second-order valence-corrected chi connectivity index (χ2v) is 4.07. The molecule has 0 radical (unpaired) electrons. The highest BCUT2D eigenvalue weighted by atomic mass is 19.1. The van der Waals surface area contributed by atoms with E-state index in [9.17, 15) is 9.18 Å². The van der Waals surface area contributed by atoms with E-state index in [0.29, 0.717) is 11.4 Å². The number of carbonyl (C=O) groups is 1. The predicted octanol–water partition coefficient (Wildman–Crippen LogP) is 2.12. The summed E-state index contributed by atoms with van der Waals surface area (Å²) < 4.78 is 13.5. The van der Waals surface area contributed by atoms with Crippen molar-refractivity contribution < 1.29 is 9.18 Å². The molecule has 0 aromatic heterocycles. The summed E-state index contributed by atoms with van der Waals surface area (Å²) in [6, 6.07) is 10.5. The van der Waals surface area contributed by atoms with Crippen molar-refractivity contribution in [3.63, 3.8) is 0 Å². The van der Waals surface area contributed by atoms with Gasteiger partial charge in [-0.05, 0) is 30.3 Å². The molecule has 0 bridgehead atoms. The Labute approximate surface area is 114 Å². The Morgan fingerprint density at radius 3 is 2.60 bits per heavy atom. The molecular weight excluding hydrogens is 259 g/mol. The van der Waals surface area contributed by atoms with Crippen molar-refractivity contribution in [1.82, 2.24) is 0 Å². The van der Waals surface area contributed by atoms with E-state index in [2.05, 4.69) is 5.32 Å². The summed E-state index contributed by atoms with van der Waals surface area (Å²) in [7, 11) is 0. The molecule has 2 aromatic carbocycles. The van der Waals surface area contributed by atoms with Gasteiger partial charge in [0.05, 0.1) is 17.1 Å². The quantitative estimate of drug-likeness (QED) is 0.743. The van der Waals surface area contributed by atoms with Crippen molar-refractivity contribution in [3.05, 3.63) is 53.3 Å². The molecule has 100 valence electrons. The number of amides is 1. The number of hydrogen-bond donors (Lipinski definition) is 3. The number of anilines is 3. The average molecular weight is 270 g/mol. The van der Waals surface area contributed by atoms with Gasteiger partial charge in [0.2, 0.25) is 5.91 Å². The van der Waals surface area contributed by atoms with Crippen molar-refractivity contribution in [1.29, 1.82) is 5.26 Å². The molecule has 0 spiro atoms. The van der Waals surface area contributed by atoms with E-state index in [1.807, 2.05) is 0 Å². The standard InChI is InChI=1S/C14H11FN4O/c15-10-2-1-3-12(9(10)7-16)19-13-5-4-8(14(18)20)6-11(13)17/h1-6,19H,17H2,(H2,18,20). The molecule has 5 nitrogen and oxygen atoms in total. The summed E-state index contributed by atoms with van der Waals surface area (Å²) in [4.78, 5) is 11.0. The molecule has 0 aliphatic carbocycles. The number of nitrogens with one attached hydrogen (secondary N) is 1. The van der Waals surface area contributed by atoms with Gasteiger partial charge in [-0.25, -0.2) is 4.39 Å². The van der Waals surface area contributed by atoms with Gasteiger partial charge in [0.1, 0.15) is 17.4 Å². The van der Waals surface area contributed by atoms with Gasteiger partial charge in [0.25, 0.3) is 0 Å². The first kappa shape index (κ1) is 13.4. The average Bonchev–Trinajstić information content (AvgIpc) is 2.41. The number of nitriles is 1. The topological polar surface area (TPSA) is 105 Å². The van der Waals surface area contributed by atoms with Crippen molar-refractivity contribution >= 4 is 23.0 Å². The van der Waals surface area contributed by atoms with Crippen LogP contribution in [0, 0.1) is 17.1 Å². The molecule has 0 unspecified atom stereocenters. The highest BCUT2D eigenvalue weighted by Gasteiger charge is 2.10. The highest BCUT2D eigenvalue weighted by Crippen LogP contribution is 2.27. The van der Waals surface area contributed by atoms with Crippen LogP contribution in [-0.4, -0.2) is 5.91 Å². The monoisotopic (exact) mass is 270 g/mol. The summed E-state index contributed by atoms with van der Waals surface area (Å²) >= 11 is 0. The van der Waals surface area contributed by atoms with Crippen LogP contribution in [0.4, 0.5) is 21.5 Å². The van der Waals surface area contributed by atoms with Crippen LogP contribution < -0.4 is 16.8 Å². The zero-order chi connectivity index (χ0) is 14.7. The molecule has 0 aliphatic heterocycles. The lowest BCUT2D eigenvalue weighted by Crippen LogP contribution is -2.11. The lowest BCUT2D eigenvalue weighted by atomic mass is 10.1. The molecule has 1 amide bonds. The van der Waals surface area contributed by atoms with Crippen LogP contribution in [0.1, 0.15) is 15.9 Å². The Morgan fingerprint density at radius 2 is 2.00 bits per heavy atom. The van der Waals surface area contributed by atoms with Gasteiger partial charge in [-0.15, -0.1) is 0 Å². The number of hydrogen-bond acceptors (Lipinski definition) is 4. The van der Waals surface area contributed by atoms with Crippen LogP contribution >= 0.6 is 0 Å². The number of carbonyl (C=O) groups excluding carboxylic acids is 1. The van der Waals surface area contributed by atoms with Crippen molar-refractivity contribution in [2.24, 2.45) is 5.73 Å². The Bertz CT molecular complexity index is 722. The smallest absolute Gasteiger partial charge is 0.248 e. The zero-order valence-electron chi connectivity index (χ0n) is 10.4. The van der Waals surface area contributed by atoms with E-state index >= 15 is 0 Å². The van der Waals surface area contributed by atoms with Gasteiger partial charge in [-0.2, -0.15) is 5.26 Å². The maximum Gasteiger partial charge on any atom is 0.248 e. The SMILES string of the molecule is N#Cc1c(F)cccc1Nc1ccc(C(N)=O)cc1N. The second-order valence-electron chi connectivity index (χ2n) is 4.07. The van der Waals surface area contributed by atoms with E-state index < -0.39 is 11.7 Å². The van der Waals surface area contributed by atoms with E-state index in [1.54, 1.807) is 18.2 Å². The largest absolute Gasteiger partial charge is 0.397 e. The molecule has 0 saturated heterocycles. The number of nitrogens with zero attached hydrogens (tertiary/aromatic N) is 1. The van der Waals surface area contributed by atoms with Gasteiger partial charge in [0.15, 0.2) is 0 Å².